The van der Waals surface area contributed by atoms with Crippen molar-refractivity contribution < 1.29 is 12.4 Å². The van der Waals surface area contributed by atoms with Crippen LogP contribution < -0.4 is 17.7 Å². The first kappa shape index (κ1) is 15.6. The minimum Gasteiger partial charge on any atom is -1.00 e. The molecule has 0 heterocycles. The summed E-state index contributed by atoms with van der Waals surface area (Å²) in [4.78, 5) is 0. The lowest BCUT2D eigenvalue weighted by Crippen LogP contribution is -3.00. The van der Waals surface area contributed by atoms with Crippen molar-refractivity contribution in [3.05, 3.63) is 70.7 Å². The fourth-order valence-electron chi connectivity index (χ4n) is 1.57. The quantitative estimate of drug-likeness (QED) is 0.641. The Morgan fingerprint density at radius 3 is 2.37 bits per heavy atom. The summed E-state index contributed by atoms with van der Waals surface area (Å²) in [5, 5.41) is 4.05. The third kappa shape index (κ3) is 5.36. The highest BCUT2D eigenvalue weighted by Crippen LogP contribution is 2.13. The molecule has 0 aliphatic carbocycles. The van der Waals surface area contributed by atoms with Gasteiger partial charge in [-0.1, -0.05) is 59.8 Å². The zero-order valence-electron chi connectivity index (χ0n) is 10.4. The van der Waals surface area contributed by atoms with E-state index in [0.717, 1.165) is 22.7 Å². The molecule has 0 spiro atoms. The molecule has 0 radical (unpaired) electrons. The van der Waals surface area contributed by atoms with Crippen molar-refractivity contribution >= 4 is 11.6 Å². The van der Waals surface area contributed by atoms with E-state index in [2.05, 4.69) is 17.2 Å². The number of halogens is 2. The number of benzene rings is 2. The molecule has 19 heavy (non-hydrogen) atoms. The van der Waals surface area contributed by atoms with Crippen molar-refractivity contribution in [2.24, 2.45) is 0 Å². The van der Waals surface area contributed by atoms with E-state index in [0.29, 0.717) is 6.54 Å². The smallest absolute Gasteiger partial charge is 0.0582 e. The molecule has 0 aliphatic rings. The summed E-state index contributed by atoms with van der Waals surface area (Å²) >= 11 is 6.06. The monoisotopic (exact) mass is 290 g/mol. The first-order valence-electron chi connectivity index (χ1n) is 5.84. The molecule has 0 atom stereocenters. The third-order valence-corrected chi connectivity index (χ3v) is 2.86. The van der Waals surface area contributed by atoms with Crippen molar-refractivity contribution in [2.45, 2.75) is 6.54 Å². The van der Waals surface area contributed by atoms with Crippen molar-refractivity contribution in [1.82, 2.24) is 5.32 Å². The Morgan fingerprint density at radius 1 is 0.947 bits per heavy atom. The molecule has 1 nitrogen and oxygen atoms in total. The fourth-order valence-corrected chi connectivity index (χ4v) is 1.77. The van der Waals surface area contributed by atoms with Crippen LogP contribution in [0.5, 0.6) is 0 Å². The van der Waals surface area contributed by atoms with Crippen molar-refractivity contribution in [1.29, 1.82) is 0 Å². The lowest BCUT2D eigenvalue weighted by Gasteiger charge is -2.02. The predicted molar refractivity (Wildman–Crippen MR) is 76.5 cm³/mol. The highest BCUT2D eigenvalue weighted by Gasteiger charge is 1.96. The maximum absolute atomic E-state index is 6.06. The van der Waals surface area contributed by atoms with Gasteiger partial charge in [-0.15, -0.1) is 0 Å². The Hall–Kier alpha value is -1.46. The first-order chi connectivity index (χ1) is 8.86. The normalized spacial score (nSPS) is 9.11. The van der Waals surface area contributed by atoms with Gasteiger partial charge in [0.15, 0.2) is 0 Å². The minimum atomic E-state index is 0. The average Bonchev–Trinajstić information content (AvgIpc) is 2.42. The van der Waals surface area contributed by atoms with Gasteiger partial charge in [0.2, 0.25) is 0 Å². The van der Waals surface area contributed by atoms with Crippen LogP contribution in [0.1, 0.15) is 11.1 Å². The summed E-state index contributed by atoms with van der Waals surface area (Å²) in [6, 6.07) is 17.8. The van der Waals surface area contributed by atoms with Crippen LogP contribution in [0.3, 0.4) is 0 Å². The number of hydrogen-bond acceptors (Lipinski definition) is 1. The number of hydrogen-bond donors (Lipinski definition) is 1. The highest BCUT2D eigenvalue weighted by atomic mass is 35.5. The topological polar surface area (TPSA) is 12.0 Å². The molecule has 0 aliphatic heterocycles. The van der Waals surface area contributed by atoms with Gasteiger partial charge in [-0.3, -0.25) is 0 Å². The molecular formula is C16H14Cl2N-. The standard InChI is InChI=1S/C16H14ClN.ClH/c17-16-11-5-4-10-15(16)13-18-12-6-9-14-7-2-1-3-8-14;/h1-5,7-8,10-11,18H,12-13H2;1H/p-1. The molecule has 3 heteroatoms. The lowest BCUT2D eigenvalue weighted by molar-refractivity contribution is -0.00000349. The molecule has 0 saturated heterocycles. The van der Waals surface area contributed by atoms with E-state index < -0.39 is 0 Å². The van der Waals surface area contributed by atoms with Gasteiger partial charge in [-0.25, -0.2) is 0 Å². The molecular weight excluding hydrogens is 277 g/mol. The van der Waals surface area contributed by atoms with Gasteiger partial charge in [-0.05, 0) is 23.8 Å². The van der Waals surface area contributed by atoms with Crippen molar-refractivity contribution in [3.63, 3.8) is 0 Å². The van der Waals surface area contributed by atoms with Crippen LogP contribution >= 0.6 is 11.6 Å². The summed E-state index contributed by atoms with van der Waals surface area (Å²) in [5.41, 5.74) is 2.14. The largest absolute Gasteiger partial charge is 1.00 e. The Morgan fingerprint density at radius 2 is 1.63 bits per heavy atom. The van der Waals surface area contributed by atoms with Gasteiger partial charge >= 0.3 is 0 Å². The Labute approximate surface area is 125 Å². The van der Waals surface area contributed by atoms with Gasteiger partial charge in [0.05, 0.1) is 6.54 Å². The highest BCUT2D eigenvalue weighted by molar-refractivity contribution is 6.31. The Balaban J connectivity index is 0.00000180. The second-order valence-corrected chi connectivity index (χ2v) is 4.27. The molecule has 0 saturated carbocycles. The van der Waals surface area contributed by atoms with Gasteiger partial charge in [0, 0.05) is 17.1 Å². The van der Waals surface area contributed by atoms with E-state index in [1.54, 1.807) is 0 Å². The minimum absolute atomic E-state index is 0. The first-order valence-corrected chi connectivity index (χ1v) is 6.22. The summed E-state index contributed by atoms with van der Waals surface area (Å²) in [5.74, 6) is 6.19. The van der Waals surface area contributed by atoms with E-state index >= 15 is 0 Å². The molecule has 2 aromatic rings. The Bertz CT molecular complexity index is 556. The molecule has 0 fully saturated rings. The SMILES string of the molecule is Clc1ccccc1CNCC#Cc1ccccc1.[Cl-]. The van der Waals surface area contributed by atoms with Crippen LogP contribution in [0.25, 0.3) is 0 Å². The van der Waals surface area contributed by atoms with Crippen LogP contribution in [0.15, 0.2) is 54.6 Å². The van der Waals surface area contributed by atoms with E-state index in [1.165, 1.54) is 0 Å². The fraction of sp³-hybridized carbons (Fsp3) is 0.125. The van der Waals surface area contributed by atoms with Crippen molar-refractivity contribution in [3.8, 4) is 11.8 Å². The second kappa shape index (κ2) is 8.61. The third-order valence-electron chi connectivity index (χ3n) is 2.49. The van der Waals surface area contributed by atoms with Crippen molar-refractivity contribution in [2.75, 3.05) is 6.54 Å². The van der Waals surface area contributed by atoms with Gasteiger partial charge in [-0.2, -0.15) is 0 Å². The van der Waals surface area contributed by atoms with Gasteiger partial charge < -0.3 is 17.7 Å². The van der Waals surface area contributed by atoms with Crippen LogP contribution in [0.4, 0.5) is 0 Å². The van der Waals surface area contributed by atoms with Gasteiger partial charge in [0.25, 0.3) is 0 Å². The van der Waals surface area contributed by atoms with Crippen LogP contribution in [0, 0.1) is 11.8 Å². The summed E-state index contributed by atoms with van der Waals surface area (Å²) in [6.45, 7) is 1.39. The predicted octanol–water partition coefficient (Wildman–Crippen LogP) is 0.485. The lowest BCUT2D eigenvalue weighted by atomic mass is 10.2. The molecule has 2 aromatic carbocycles. The molecule has 0 amide bonds. The zero-order valence-corrected chi connectivity index (χ0v) is 11.9. The van der Waals surface area contributed by atoms with Crippen LogP contribution in [0.2, 0.25) is 5.02 Å². The molecule has 0 unspecified atom stereocenters. The van der Waals surface area contributed by atoms with E-state index in [9.17, 15) is 0 Å². The molecule has 0 aromatic heterocycles. The second-order valence-electron chi connectivity index (χ2n) is 3.86. The number of nitrogens with one attached hydrogen (secondary N) is 1. The number of rotatable bonds is 3. The summed E-state index contributed by atoms with van der Waals surface area (Å²) in [7, 11) is 0. The zero-order chi connectivity index (χ0) is 12.6. The van der Waals surface area contributed by atoms with Crippen LogP contribution in [-0.4, -0.2) is 6.54 Å². The molecule has 1 N–H and O–H groups in total. The van der Waals surface area contributed by atoms with E-state index in [-0.39, 0.29) is 12.4 Å². The molecule has 98 valence electrons. The van der Waals surface area contributed by atoms with E-state index in [4.69, 9.17) is 11.6 Å². The van der Waals surface area contributed by atoms with Crippen LogP contribution in [-0.2, 0) is 6.54 Å². The maximum atomic E-state index is 6.06. The summed E-state index contributed by atoms with van der Waals surface area (Å²) < 4.78 is 0. The maximum Gasteiger partial charge on any atom is 0.0582 e. The summed E-state index contributed by atoms with van der Waals surface area (Å²) in [6.07, 6.45) is 0. The molecule has 2 rings (SSSR count). The molecule has 0 bridgehead atoms. The Kier molecular flexibility index (Phi) is 7.07. The van der Waals surface area contributed by atoms with Gasteiger partial charge in [0.1, 0.15) is 0 Å². The van der Waals surface area contributed by atoms with E-state index in [1.807, 2.05) is 54.6 Å². The average molecular weight is 291 g/mol.